The minimum Gasteiger partial charge on any atom is -0.314 e. The molecule has 0 unspecified atom stereocenters. The van der Waals surface area contributed by atoms with Crippen LogP contribution < -0.4 is 4.90 Å². The van der Waals surface area contributed by atoms with Gasteiger partial charge in [-0.3, -0.25) is 4.79 Å². The standard InChI is InChI=1S/C15H18N2O/c1-11-5-6-13(9-12(11)2)17(3)14(18)15(10-16)7-4-8-15/h5-6,9H,4,7-8H2,1-3H3. The van der Waals surface area contributed by atoms with Gasteiger partial charge in [0.05, 0.1) is 6.07 Å². The van der Waals surface area contributed by atoms with Crippen molar-refractivity contribution >= 4 is 11.6 Å². The Morgan fingerprint density at radius 2 is 2.00 bits per heavy atom. The summed E-state index contributed by atoms with van der Waals surface area (Å²) >= 11 is 0. The Morgan fingerprint density at radius 3 is 2.44 bits per heavy atom. The monoisotopic (exact) mass is 242 g/mol. The van der Waals surface area contributed by atoms with Crippen molar-refractivity contribution in [1.29, 1.82) is 5.26 Å². The lowest BCUT2D eigenvalue weighted by Gasteiger charge is -2.36. The number of hydrogen-bond acceptors (Lipinski definition) is 2. The predicted molar refractivity (Wildman–Crippen MR) is 71.2 cm³/mol. The highest BCUT2D eigenvalue weighted by molar-refractivity contribution is 5.99. The maximum atomic E-state index is 12.4. The van der Waals surface area contributed by atoms with E-state index in [0.29, 0.717) is 12.8 Å². The number of carbonyl (C=O) groups excluding carboxylic acids is 1. The second kappa shape index (κ2) is 4.45. The largest absolute Gasteiger partial charge is 0.314 e. The van der Waals surface area contributed by atoms with E-state index in [9.17, 15) is 10.1 Å². The quantitative estimate of drug-likeness (QED) is 0.800. The fourth-order valence-electron chi connectivity index (χ4n) is 2.28. The molecule has 0 bridgehead atoms. The molecule has 0 saturated heterocycles. The van der Waals surface area contributed by atoms with E-state index in [-0.39, 0.29) is 5.91 Å². The van der Waals surface area contributed by atoms with Crippen molar-refractivity contribution in [2.45, 2.75) is 33.1 Å². The normalized spacial score (nSPS) is 16.6. The Hall–Kier alpha value is -1.82. The number of aryl methyl sites for hydroxylation is 2. The summed E-state index contributed by atoms with van der Waals surface area (Å²) in [6.07, 6.45) is 2.36. The summed E-state index contributed by atoms with van der Waals surface area (Å²) in [5.74, 6) is -0.0699. The maximum Gasteiger partial charge on any atom is 0.247 e. The molecule has 1 aliphatic carbocycles. The molecule has 94 valence electrons. The van der Waals surface area contributed by atoms with Crippen molar-refractivity contribution in [1.82, 2.24) is 0 Å². The zero-order valence-electron chi connectivity index (χ0n) is 11.2. The SMILES string of the molecule is Cc1ccc(N(C)C(=O)C2(C#N)CCC2)cc1C. The number of benzene rings is 1. The smallest absolute Gasteiger partial charge is 0.247 e. The molecule has 18 heavy (non-hydrogen) atoms. The molecule has 1 aromatic rings. The molecule has 0 atom stereocenters. The molecule has 0 aliphatic heterocycles. The van der Waals surface area contributed by atoms with Gasteiger partial charge in [-0.1, -0.05) is 6.07 Å². The van der Waals surface area contributed by atoms with Gasteiger partial charge < -0.3 is 4.90 Å². The lowest BCUT2D eigenvalue weighted by Crippen LogP contribution is -2.45. The van der Waals surface area contributed by atoms with Gasteiger partial charge in [0.15, 0.2) is 0 Å². The molecular formula is C15H18N2O. The van der Waals surface area contributed by atoms with E-state index >= 15 is 0 Å². The number of nitriles is 1. The van der Waals surface area contributed by atoms with Gasteiger partial charge in [0.25, 0.3) is 0 Å². The van der Waals surface area contributed by atoms with Crippen molar-refractivity contribution in [3.05, 3.63) is 29.3 Å². The van der Waals surface area contributed by atoms with Crippen LogP contribution in [0.3, 0.4) is 0 Å². The maximum absolute atomic E-state index is 12.4. The van der Waals surface area contributed by atoms with E-state index in [4.69, 9.17) is 0 Å². The van der Waals surface area contributed by atoms with Crippen LogP contribution in [0.4, 0.5) is 5.69 Å². The average Bonchev–Trinajstić information content (AvgIpc) is 2.31. The average molecular weight is 242 g/mol. The number of carbonyl (C=O) groups is 1. The lowest BCUT2D eigenvalue weighted by molar-refractivity contribution is -0.128. The fourth-order valence-corrected chi connectivity index (χ4v) is 2.28. The van der Waals surface area contributed by atoms with E-state index in [1.807, 2.05) is 32.0 Å². The minimum atomic E-state index is -0.770. The van der Waals surface area contributed by atoms with Crippen LogP contribution in [0, 0.1) is 30.6 Å². The Balaban J connectivity index is 2.26. The second-order valence-corrected chi connectivity index (χ2v) is 5.18. The van der Waals surface area contributed by atoms with Gasteiger partial charge in [0.1, 0.15) is 5.41 Å². The molecule has 0 N–H and O–H groups in total. The van der Waals surface area contributed by atoms with Crippen LogP contribution in [-0.2, 0) is 4.79 Å². The molecule has 1 aliphatic rings. The minimum absolute atomic E-state index is 0.0699. The summed E-state index contributed by atoms with van der Waals surface area (Å²) in [6.45, 7) is 4.07. The molecule has 2 rings (SSSR count). The van der Waals surface area contributed by atoms with Gasteiger partial charge in [-0.2, -0.15) is 5.26 Å². The molecule has 0 aromatic heterocycles. The third-order valence-corrected chi connectivity index (χ3v) is 4.01. The van der Waals surface area contributed by atoms with E-state index in [0.717, 1.165) is 17.7 Å². The summed E-state index contributed by atoms with van der Waals surface area (Å²) in [4.78, 5) is 14.0. The van der Waals surface area contributed by atoms with E-state index in [1.165, 1.54) is 5.56 Å². The second-order valence-electron chi connectivity index (χ2n) is 5.18. The number of rotatable bonds is 2. The number of hydrogen-bond donors (Lipinski definition) is 0. The van der Waals surface area contributed by atoms with Crippen LogP contribution in [0.1, 0.15) is 30.4 Å². The van der Waals surface area contributed by atoms with E-state index < -0.39 is 5.41 Å². The van der Waals surface area contributed by atoms with Gasteiger partial charge in [-0.15, -0.1) is 0 Å². The Labute approximate surface area is 108 Å². The van der Waals surface area contributed by atoms with Crippen molar-refractivity contribution in [2.75, 3.05) is 11.9 Å². The zero-order valence-corrected chi connectivity index (χ0v) is 11.2. The molecule has 1 fully saturated rings. The van der Waals surface area contributed by atoms with Gasteiger partial charge in [-0.05, 0) is 56.4 Å². The van der Waals surface area contributed by atoms with Crippen LogP contribution in [0.5, 0.6) is 0 Å². The van der Waals surface area contributed by atoms with Gasteiger partial charge in [0.2, 0.25) is 5.91 Å². The van der Waals surface area contributed by atoms with Crippen molar-refractivity contribution in [3.63, 3.8) is 0 Å². The van der Waals surface area contributed by atoms with Crippen molar-refractivity contribution in [3.8, 4) is 6.07 Å². The molecular weight excluding hydrogens is 224 g/mol. The first-order chi connectivity index (χ1) is 8.50. The van der Waals surface area contributed by atoms with Gasteiger partial charge >= 0.3 is 0 Å². The molecule has 1 aromatic carbocycles. The van der Waals surface area contributed by atoms with Crippen LogP contribution >= 0.6 is 0 Å². The van der Waals surface area contributed by atoms with Gasteiger partial charge in [0, 0.05) is 12.7 Å². The highest BCUT2D eigenvalue weighted by atomic mass is 16.2. The molecule has 1 saturated carbocycles. The van der Waals surface area contributed by atoms with Crippen LogP contribution in [0.15, 0.2) is 18.2 Å². The third-order valence-electron chi connectivity index (χ3n) is 4.01. The highest BCUT2D eigenvalue weighted by Gasteiger charge is 2.46. The molecule has 1 amide bonds. The topological polar surface area (TPSA) is 44.1 Å². The first kappa shape index (κ1) is 12.6. The summed E-state index contributed by atoms with van der Waals surface area (Å²) in [7, 11) is 1.75. The van der Waals surface area contributed by atoms with Crippen molar-refractivity contribution in [2.24, 2.45) is 5.41 Å². The van der Waals surface area contributed by atoms with Crippen LogP contribution in [-0.4, -0.2) is 13.0 Å². The molecule has 0 spiro atoms. The van der Waals surface area contributed by atoms with Crippen LogP contribution in [0.2, 0.25) is 0 Å². The van der Waals surface area contributed by atoms with E-state index in [1.54, 1.807) is 11.9 Å². The first-order valence-corrected chi connectivity index (χ1v) is 6.27. The molecule has 3 nitrogen and oxygen atoms in total. The fraction of sp³-hybridized carbons (Fsp3) is 0.467. The van der Waals surface area contributed by atoms with E-state index in [2.05, 4.69) is 6.07 Å². The summed E-state index contributed by atoms with van der Waals surface area (Å²) in [6, 6.07) is 8.14. The highest BCUT2D eigenvalue weighted by Crippen LogP contribution is 2.42. The predicted octanol–water partition coefficient (Wildman–Crippen LogP) is 2.96. The zero-order chi connectivity index (χ0) is 13.3. The van der Waals surface area contributed by atoms with Crippen molar-refractivity contribution < 1.29 is 4.79 Å². The number of nitrogens with zero attached hydrogens (tertiary/aromatic N) is 2. The Morgan fingerprint density at radius 1 is 1.33 bits per heavy atom. The summed E-state index contributed by atoms with van der Waals surface area (Å²) in [5, 5.41) is 9.20. The third kappa shape index (κ3) is 1.88. The lowest BCUT2D eigenvalue weighted by atomic mass is 9.69. The van der Waals surface area contributed by atoms with Crippen LogP contribution in [0.25, 0.3) is 0 Å². The summed E-state index contributed by atoms with van der Waals surface area (Å²) in [5.41, 5.74) is 2.46. The summed E-state index contributed by atoms with van der Waals surface area (Å²) < 4.78 is 0. The van der Waals surface area contributed by atoms with Gasteiger partial charge in [-0.25, -0.2) is 0 Å². The number of anilines is 1. The molecule has 3 heteroatoms. The molecule has 0 heterocycles. The number of amides is 1. The Kier molecular flexibility index (Phi) is 3.13. The molecule has 0 radical (unpaired) electrons. The Bertz CT molecular complexity index is 524. The first-order valence-electron chi connectivity index (χ1n) is 6.27.